The summed E-state index contributed by atoms with van der Waals surface area (Å²) in [4.78, 5) is 50.3. The molecule has 0 fully saturated rings. The number of carboxylic acids is 1. The molecule has 0 aromatic heterocycles. The quantitative estimate of drug-likeness (QED) is 0.0861. The molecule has 12 nitrogen and oxygen atoms in total. The van der Waals surface area contributed by atoms with Gasteiger partial charge in [-0.2, -0.15) is 11.8 Å². The van der Waals surface area contributed by atoms with Gasteiger partial charge in [0.2, 0.25) is 17.7 Å². The summed E-state index contributed by atoms with van der Waals surface area (Å²) in [5.41, 5.74) is 16.1. The normalized spacial score (nSPS) is 12.4. The van der Waals surface area contributed by atoms with Gasteiger partial charge in [0.15, 0.2) is 5.96 Å². The SMILES string of the molecule is CSCCC(N)C(=O)NCC(=O)NC(CCCN=C(N)N)C(=O)NCC(=O)O. The highest BCUT2D eigenvalue weighted by atomic mass is 32.2. The van der Waals surface area contributed by atoms with Crippen LogP contribution >= 0.6 is 11.8 Å². The Labute approximate surface area is 167 Å². The van der Waals surface area contributed by atoms with Gasteiger partial charge in [0.1, 0.15) is 12.6 Å². The molecular weight excluding hydrogens is 390 g/mol. The van der Waals surface area contributed by atoms with E-state index in [1.165, 1.54) is 0 Å². The molecule has 0 saturated carbocycles. The summed E-state index contributed by atoms with van der Waals surface area (Å²) in [6.45, 7) is -0.704. The van der Waals surface area contributed by atoms with E-state index in [2.05, 4.69) is 20.9 Å². The number of guanidine groups is 1. The number of aliphatic carboxylic acids is 1. The summed E-state index contributed by atoms with van der Waals surface area (Å²) in [7, 11) is 0. The maximum Gasteiger partial charge on any atom is 0.322 e. The van der Waals surface area contributed by atoms with Crippen LogP contribution in [-0.2, 0) is 19.2 Å². The van der Waals surface area contributed by atoms with Crippen molar-refractivity contribution in [3.63, 3.8) is 0 Å². The molecule has 0 rings (SSSR count). The third-order valence-electron chi connectivity index (χ3n) is 3.40. The number of carboxylic acid groups (broad SMARTS) is 1. The number of nitrogens with zero attached hydrogens (tertiary/aromatic N) is 1. The van der Waals surface area contributed by atoms with Crippen LogP contribution in [0.15, 0.2) is 4.99 Å². The first-order valence-corrected chi connectivity index (χ1v) is 9.93. The van der Waals surface area contributed by atoms with Crippen LogP contribution in [0.3, 0.4) is 0 Å². The van der Waals surface area contributed by atoms with Gasteiger partial charge in [-0.1, -0.05) is 0 Å². The van der Waals surface area contributed by atoms with Gasteiger partial charge in [-0.25, -0.2) is 0 Å². The monoisotopic (exact) mass is 419 g/mol. The minimum absolute atomic E-state index is 0.101. The highest BCUT2D eigenvalue weighted by Crippen LogP contribution is 2.00. The number of nitrogens with two attached hydrogens (primary N) is 3. The molecule has 0 aromatic rings. The molecule has 3 amide bonds. The second-order valence-corrected chi connectivity index (χ2v) is 6.77. The molecule has 2 unspecified atom stereocenters. The number of carbonyl (C=O) groups excluding carboxylic acids is 3. The maximum atomic E-state index is 12.1. The summed E-state index contributed by atoms with van der Waals surface area (Å²) in [6.07, 6.45) is 2.91. The predicted octanol–water partition coefficient (Wildman–Crippen LogP) is -3.08. The lowest BCUT2D eigenvalue weighted by molar-refractivity contribution is -0.138. The van der Waals surface area contributed by atoms with Crippen molar-refractivity contribution in [1.82, 2.24) is 16.0 Å². The Kier molecular flexibility index (Phi) is 13.2. The van der Waals surface area contributed by atoms with Gasteiger partial charge >= 0.3 is 5.97 Å². The first kappa shape index (κ1) is 25.5. The molecule has 2 atom stereocenters. The molecule has 0 radical (unpaired) electrons. The van der Waals surface area contributed by atoms with E-state index in [9.17, 15) is 19.2 Å². The lowest BCUT2D eigenvalue weighted by Crippen LogP contribution is -2.51. The van der Waals surface area contributed by atoms with E-state index in [0.29, 0.717) is 18.6 Å². The van der Waals surface area contributed by atoms with Crippen molar-refractivity contribution >= 4 is 41.4 Å². The first-order chi connectivity index (χ1) is 13.2. The number of nitrogens with one attached hydrogen (secondary N) is 3. The summed E-state index contributed by atoms with van der Waals surface area (Å²) >= 11 is 1.55. The van der Waals surface area contributed by atoms with Gasteiger partial charge in [0.25, 0.3) is 0 Å². The van der Waals surface area contributed by atoms with E-state index in [1.54, 1.807) is 11.8 Å². The molecule has 0 heterocycles. The summed E-state index contributed by atoms with van der Waals surface area (Å²) in [5, 5.41) is 15.7. The molecular formula is C15H29N7O5S. The van der Waals surface area contributed by atoms with Crippen molar-refractivity contribution in [1.29, 1.82) is 0 Å². The third-order valence-corrected chi connectivity index (χ3v) is 4.05. The Morgan fingerprint density at radius 3 is 2.29 bits per heavy atom. The molecule has 0 bridgehead atoms. The number of amides is 3. The fourth-order valence-corrected chi connectivity index (χ4v) is 2.47. The Hall–Kier alpha value is -2.54. The van der Waals surface area contributed by atoms with E-state index in [1.807, 2.05) is 6.26 Å². The smallest absolute Gasteiger partial charge is 0.322 e. The highest BCUT2D eigenvalue weighted by Gasteiger charge is 2.21. The van der Waals surface area contributed by atoms with E-state index in [4.69, 9.17) is 22.3 Å². The molecule has 0 aliphatic heterocycles. The Morgan fingerprint density at radius 2 is 1.71 bits per heavy atom. The maximum absolute atomic E-state index is 12.1. The molecule has 10 N–H and O–H groups in total. The van der Waals surface area contributed by atoms with Crippen LogP contribution in [0.2, 0.25) is 0 Å². The van der Waals surface area contributed by atoms with Gasteiger partial charge in [0, 0.05) is 6.54 Å². The topological polar surface area (TPSA) is 215 Å². The Balaban J connectivity index is 4.61. The summed E-state index contributed by atoms with van der Waals surface area (Å²) in [5.74, 6) is -2.35. The van der Waals surface area contributed by atoms with E-state index in [0.717, 1.165) is 0 Å². The highest BCUT2D eigenvalue weighted by molar-refractivity contribution is 7.98. The summed E-state index contributed by atoms with van der Waals surface area (Å²) < 4.78 is 0. The minimum Gasteiger partial charge on any atom is -0.480 e. The van der Waals surface area contributed by atoms with Crippen molar-refractivity contribution in [3.05, 3.63) is 0 Å². The lowest BCUT2D eigenvalue weighted by atomic mass is 10.1. The average Bonchev–Trinajstić information content (AvgIpc) is 2.64. The van der Waals surface area contributed by atoms with Crippen LogP contribution in [0, 0.1) is 0 Å². The van der Waals surface area contributed by atoms with Crippen molar-refractivity contribution in [2.24, 2.45) is 22.2 Å². The first-order valence-electron chi connectivity index (χ1n) is 8.53. The number of hydrogen-bond acceptors (Lipinski definition) is 7. The van der Waals surface area contributed by atoms with Crippen LogP contribution in [0.5, 0.6) is 0 Å². The van der Waals surface area contributed by atoms with E-state index in [-0.39, 0.29) is 25.5 Å². The van der Waals surface area contributed by atoms with Gasteiger partial charge in [-0.05, 0) is 31.3 Å². The standard InChI is InChI=1S/C15H29N7O5S/c1-28-6-4-9(16)13(26)20-7-11(23)22-10(3-2-5-19-15(17)18)14(27)21-8-12(24)25/h9-10H,2-8,16H2,1H3,(H,20,26)(H,21,27)(H,22,23)(H,24,25)(H4,17,18,19). The van der Waals surface area contributed by atoms with Crippen molar-refractivity contribution in [3.8, 4) is 0 Å². The molecule has 13 heteroatoms. The zero-order valence-corrected chi connectivity index (χ0v) is 16.6. The average molecular weight is 420 g/mol. The molecule has 0 aliphatic rings. The molecule has 0 saturated heterocycles. The van der Waals surface area contributed by atoms with Crippen LogP contribution in [0.4, 0.5) is 0 Å². The van der Waals surface area contributed by atoms with Gasteiger partial charge in [0.05, 0.1) is 12.6 Å². The number of carbonyl (C=O) groups is 4. The predicted molar refractivity (Wildman–Crippen MR) is 106 cm³/mol. The Bertz CT molecular complexity index is 569. The second kappa shape index (κ2) is 14.5. The Morgan fingerprint density at radius 1 is 1.07 bits per heavy atom. The van der Waals surface area contributed by atoms with Crippen LogP contribution in [0.25, 0.3) is 0 Å². The van der Waals surface area contributed by atoms with Crippen LogP contribution < -0.4 is 33.2 Å². The zero-order valence-electron chi connectivity index (χ0n) is 15.8. The third kappa shape index (κ3) is 12.8. The fourth-order valence-electron chi connectivity index (χ4n) is 1.98. The fraction of sp³-hybridized carbons (Fsp3) is 0.667. The number of hydrogen-bond donors (Lipinski definition) is 7. The molecule has 0 aromatic carbocycles. The summed E-state index contributed by atoms with van der Waals surface area (Å²) in [6, 6.07) is -1.72. The van der Waals surface area contributed by atoms with E-state index < -0.39 is 42.3 Å². The number of aliphatic imine (C=N–C) groups is 1. The van der Waals surface area contributed by atoms with Crippen LogP contribution in [0.1, 0.15) is 19.3 Å². The molecule has 160 valence electrons. The number of rotatable bonds is 14. The zero-order chi connectivity index (χ0) is 21.5. The van der Waals surface area contributed by atoms with Crippen molar-refractivity contribution in [2.75, 3.05) is 31.6 Å². The largest absolute Gasteiger partial charge is 0.480 e. The molecule has 0 spiro atoms. The molecule has 28 heavy (non-hydrogen) atoms. The second-order valence-electron chi connectivity index (χ2n) is 5.79. The van der Waals surface area contributed by atoms with Crippen molar-refractivity contribution < 1.29 is 24.3 Å². The lowest BCUT2D eigenvalue weighted by Gasteiger charge is -2.18. The van der Waals surface area contributed by atoms with Crippen molar-refractivity contribution in [2.45, 2.75) is 31.3 Å². The number of thioether (sulfide) groups is 1. The van der Waals surface area contributed by atoms with Crippen LogP contribution in [-0.4, -0.2) is 78.5 Å². The molecule has 0 aliphatic carbocycles. The van der Waals surface area contributed by atoms with E-state index >= 15 is 0 Å². The minimum atomic E-state index is -1.22. The van der Waals surface area contributed by atoms with Gasteiger partial charge in [-0.15, -0.1) is 0 Å². The van der Waals surface area contributed by atoms with Gasteiger partial charge < -0.3 is 38.3 Å². The van der Waals surface area contributed by atoms with Gasteiger partial charge in [-0.3, -0.25) is 24.2 Å².